The monoisotopic (exact) mass is 464 g/mol. The molecule has 11 heteroatoms. The smallest absolute Gasteiger partial charge is 0.328 e. The first kappa shape index (κ1) is 21.9. The normalized spacial score (nSPS) is 11.6. The van der Waals surface area contributed by atoms with Crippen LogP contribution in [0.5, 0.6) is 11.8 Å². The van der Waals surface area contributed by atoms with Crippen molar-refractivity contribution in [2.45, 2.75) is 6.04 Å². The van der Waals surface area contributed by atoms with Crippen molar-refractivity contribution in [1.82, 2.24) is 15.0 Å². The second-order valence-corrected chi connectivity index (χ2v) is 7.19. The summed E-state index contributed by atoms with van der Waals surface area (Å²) >= 11 is 6.04. The predicted molar refractivity (Wildman–Crippen MR) is 123 cm³/mol. The molecule has 3 aromatic carbocycles. The highest BCUT2D eigenvalue weighted by Crippen LogP contribution is 2.25. The van der Waals surface area contributed by atoms with Gasteiger partial charge in [0.15, 0.2) is 11.9 Å². The summed E-state index contributed by atoms with van der Waals surface area (Å²) < 4.78 is 5.71. The first-order chi connectivity index (χ1) is 15.9. The van der Waals surface area contributed by atoms with Crippen LogP contribution in [0.3, 0.4) is 0 Å². The van der Waals surface area contributed by atoms with Gasteiger partial charge in [-0.1, -0.05) is 54.1 Å². The summed E-state index contributed by atoms with van der Waals surface area (Å²) in [6, 6.07) is 17.1. The standard InChI is InChI=1S/C22H17ClN6O4/c23-15-7-3-4-8-16(15)25-21(32)28-20-26-18(17(24)19(30)31)27-22(29-20)33-14-10-9-12-5-1-2-6-13(12)11-14/h1-11,17H,24H2,(H,30,31)(H2,25,26,27,28,29,32). The van der Waals surface area contributed by atoms with Crippen LogP contribution < -0.4 is 21.1 Å². The Morgan fingerprint density at radius 3 is 2.42 bits per heavy atom. The molecule has 0 spiro atoms. The van der Waals surface area contributed by atoms with Gasteiger partial charge in [0.25, 0.3) is 0 Å². The van der Waals surface area contributed by atoms with Crippen LogP contribution in [0.4, 0.5) is 16.4 Å². The van der Waals surface area contributed by atoms with Crippen molar-refractivity contribution in [3.05, 3.63) is 77.6 Å². The van der Waals surface area contributed by atoms with Crippen LogP contribution in [0.15, 0.2) is 66.7 Å². The lowest BCUT2D eigenvalue weighted by Gasteiger charge is -2.12. The molecule has 0 fully saturated rings. The molecule has 4 rings (SSSR count). The minimum atomic E-state index is -1.56. The molecule has 2 amide bonds. The van der Waals surface area contributed by atoms with Crippen molar-refractivity contribution in [3.63, 3.8) is 0 Å². The number of aromatic nitrogens is 3. The fourth-order valence-electron chi connectivity index (χ4n) is 2.88. The molecule has 0 radical (unpaired) electrons. The Morgan fingerprint density at radius 1 is 0.939 bits per heavy atom. The highest BCUT2D eigenvalue weighted by atomic mass is 35.5. The molecule has 1 atom stereocenters. The molecule has 1 heterocycles. The van der Waals surface area contributed by atoms with Crippen molar-refractivity contribution in [2.24, 2.45) is 5.73 Å². The maximum atomic E-state index is 12.4. The third kappa shape index (κ3) is 5.32. The average Bonchev–Trinajstić information content (AvgIpc) is 2.79. The van der Waals surface area contributed by atoms with Crippen molar-refractivity contribution in [2.75, 3.05) is 10.6 Å². The Hall–Kier alpha value is -4.28. The van der Waals surface area contributed by atoms with Gasteiger partial charge in [0.2, 0.25) is 5.95 Å². The number of amides is 2. The Balaban J connectivity index is 1.61. The molecule has 1 aromatic heterocycles. The number of fused-ring (bicyclic) bond motifs is 1. The molecule has 0 aliphatic heterocycles. The average molecular weight is 465 g/mol. The summed E-state index contributed by atoms with van der Waals surface area (Å²) in [6.07, 6.45) is 0. The Labute approximate surface area is 192 Å². The number of ether oxygens (including phenoxy) is 1. The molecule has 166 valence electrons. The number of carboxylic acid groups (broad SMARTS) is 1. The Morgan fingerprint density at radius 2 is 1.67 bits per heavy atom. The molecule has 0 bridgehead atoms. The topological polar surface area (TPSA) is 152 Å². The van der Waals surface area contributed by atoms with E-state index in [0.717, 1.165) is 10.8 Å². The molecule has 33 heavy (non-hydrogen) atoms. The predicted octanol–water partition coefficient (Wildman–Crippen LogP) is 4.20. The maximum Gasteiger partial charge on any atom is 0.328 e. The van der Waals surface area contributed by atoms with E-state index in [4.69, 9.17) is 22.1 Å². The minimum Gasteiger partial charge on any atom is -0.480 e. The van der Waals surface area contributed by atoms with Crippen molar-refractivity contribution >= 4 is 46.0 Å². The van der Waals surface area contributed by atoms with Gasteiger partial charge < -0.3 is 20.9 Å². The summed E-state index contributed by atoms with van der Waals surface area (Å²) in [4.78, 5) is 35.7. The van der Waals surface area contributed by atoms with Gasteiger partial charge in [-0.15, -0.1) is 0 Å². The maximum absolute atomic E-state index is 12.4. The fourth-order valence-corrected chi connectivity index (χ4v) is 3.06. The van der Waals surface area contributed by atoms with Crippen LogP contribution in [0.1, 0.15) is 11.9 Å². The van der Waals surface area contributed by atoms with Crippen molar-refractivity contribution in [3.8, 4) is 11.8 Å². The first-order valence-electron chi connectivity index (χ1n) is 9.62. The van der Waals surface area contributed by atoms with E-state index in [2.05, 4.69) is 25.6 Å². The third-order valence-corrected chi connectivity index (χ3v) is 4.78. The molecule has 10 nitrogen and oxygen atoms in total. The number of benzene rings is 3. The molecule has 0 aliphatic rings. The number of nitrogens with one attached hydrogen (secondary N) is 2. The van der Waals surface area contributed by atoms with Gasteiger partial charge >= 0.3 is 18.0 Å². The Kier molecular flexibility index (Phi) is 6.29. The lowest BCUT2D eigenvalue weighted by Crippen LogP contribution is -2.26. The largest absolute Gasteiger partial charge is 0.480 e. The van der Waals surface area contributed by atoms with E-state index in [1.807, 2.05) is 30.3 Å². The number of aliphatic carboxylic acids is 1. The fraction of sp³-hybridized carbons (Fsp3) is 0.0455. The molecule has 5 N–H and O–H groups in total. The zero-order valence-electron chi connectivity index (χ0n) is 16.9. The number of hydrogen-bond acceptors (Lipinski definition) is 7. The number of carbonyl (C=O) groups excluding carboxylic acids is 1. The van der Waals surface area contributed by atoms with E-state index in [0.29, 0.717) is 16.5 Å². The van der Waals surface area contributed by atoms with Crippen LogP contribution in [0.2, 0.25) is 5.02 Å². The summed E-state index contributed by atoms with van der Waals surface area (Å²) in [5.41, 5.74) is 6.03. The number of hydrogen-bond donors (Lipinski definition) is 4. The number of nitrogens with two attached hydrogens (primary N) is 1. The first-order valence-corrected chi connectivity index (χ1v) is 10.0. The van der Waals surface area contributed by atoms with E-state index < -0.39 is 18.0 Å². The molecular formula is C22H17ClN6O4. The summed E-state index contributed by atoms with van der Waals surface area (Å²) in [5, 5.41) is 16.5. The van der Waals surface area contributed by atoms with Crippen LogP contribution in [0, 0.1) is 0 Å². The third-order valence-electron chi connectivity index (χ3n) is 4.45. The quantitative estimate of drug-likeness (QED) is 0.331. The van der Waals surface area contributed by atoms with E-state index in [9.17, 15) is 14.7 Å². The van der Waals surface area contributed by atoms with Gasteiger partial charge in [-0.2, -0.15) is 15.0 Å². The number of rotatable bonds is 6. The van der Waals surface area contributed by atoms with Gasteiger partial charge in [0, 0.05) is 0 Å². The summed E-state index contributed by atoms with van der Waals surface area (Å²) in [5.74, 6) is -1.50. The Bertz CT molecular complexity index is 1350. The minimum absolute atomic E-state index is 0.236. The van der Waals surface area contributed by atoms with E-state index in [-0.39, 0.29) is 17.8 Å². The number of halogens is 1. The lowest BCUT2D eigenvalue weighted by atomic mass is 10.1. The van der Waals surface area contributed by atoms with E-state index >= 15 is 0 Å². The second-order valence-electron chi connectivity index (χ2n) is 6.79. The van der Waals surface area contributed by atoms with Crippen LogP contribution >= 0.6 is 11.6 Å². The van der Waals surface area contributed by atoms with Gasteiger partial charge in [0.05, 0.1) is 10.7 Å². The number of para-hydroxylation sites is 1. The number of carboxylic acids is 1. The van der Waals surface area contributed by atoms with Crippen LogP contribution in [-0.4, -0.2) is 32.1 Å². The van der Waals surface area contributed by atoms with Gasteiger partial charge in [-0.25, -0.2) is 4.79 Å². The number of carbonyl (C=O) groups is 2. The van der Waals surface area contributed by atoms with Gasteiger partial charge in [-0.3, -0.25) is 10.1 Å². The summed E-state index contributed by atoms with van der Waals surface area (Å²) in [6.45, 7) is 0. The summed E-state index contributed by atoms with van der Waals surface area (Å²) in [7, 11) is 0. The van der Waals surface area contributed by atoms with E-state index in [1.165, 1.54) is 0 Å². The van der Waals surface area contributed by atoms with Crippen LogP contribution in [0.25, 0.3) is 10.8 Å². The number of nitrogens with zero attached hydrogens (tertiary/aromatic N) is 3. The van der Waals surface area contributed by atoms with Gasteiger partial charge in [-0.05, 0) is 35.0 Å². The number of urea groups is 1. The highest BCUT2D eigenvalue weighted by Gasteiger charge is 2.21. The number of anilines is 2. The molecule has 0 saturated heterocycles. The van der Waals surface area contributed by atoms with Crippen molar-refractivity contribution in [1.29, 1.82) is 0 Å². The molecular weight excluding hydrogens is 448 g/mol. The zero-order valence-corrected chi connectivity index (χ0v) is 17.7. The van der Waals surface area contributed by atoms with Crippen molar-refractivity contribution < 1.29 is 19.4 Å². The highest BCUT2D eigenvalue weighted by molar-refractivity contribution is 6.33. The second kappa shape index (κ2) is 9.47. The lowest BCUT2D eigenvalue weighted by molar-refractivity contribution is -0.138. The van der Waals surface area contributed by atoms with Crippen LogP contribution in [-0.2, 0) is 4.79 Å². The molecule has 0 saturated carbocycles. The van der Waals surface area contributed by atoms with Gasteiger partial charge in [0.1, 0.15) is 5.75 Å². The molecule has 4 aromatic rings. The zero-order chi connectivity index (χ0) is 23.4. The van der Waals surface area contributed by atoms with E-state index in [1.54, 1.807) is 36.4 Å². The SMILES string of the molecule is NC(C(=O)O)c1nc(NC(=O)Nc2ccccc2Cl)nc(Oc2ccc3ccccc3c2)n1. The molecule has 0 aliphatic carbocycles. The molecule has 1 unspecified atom stereocenters.